The van der Waals surface area contributed by atoms with Gasteiger partial charge in [0.2, 0.25) is 0 Å². The van der Waals surface area contributed by atoms with Crippen LogP contribution in [0.2, 0.25) is 0 Å². The van der Waals surface area contributed by atoms with Gasteiger partial charge in [0.25, 0.3) is 0 Å². The van der Waals surface area contributed by atoms with Crippen molar-refractivity contribution in [1.82, 2.24) is 9.13 Å². The van der Waals surface area contributed by atoms with Crippen LogP contribution in [0, 0.1) is 34.5 Å². The molecule has 0 aliphatic heterocycles. The second-order valence-corrected chi connectivity index (χ2v) is 32.5. The highest BCUT2D eigenvalue weighted by molar-refractivity contribution is 6.28. The summed E-state index contributed by atoms with van der Waals surface area (Å²) in [7, 11) is 0. The molecule has 0 amide bonds. The van der Waals surface area contributed by atoms with Crippen LogP contribution in [-0.2, 0) is 32.4 Å². The van der Waals surface area contributed by atoms with E-state index in [1.165, 1.54) is 38.1 Å². The molecule has 110 heavy (non-hydrogen) atoms. The largest absolute Gasteiger partial charge is 0.487 e. The van der Waals surface area contributed by atoms with Crippen molar-refractivity contribution in [3.8, 4) is 11.5 Å². The van der Waals surface area contributed by atoms with Crippen LogP contribution >= 0.6 is 0 Å². The fraction of sp³-hybridized carbons (Fsp3) is 0.444. The molecule has 0 radical (unpaired) electrons. The Morgan fingerprint density at radius 1 is 0.427 bits per heavy atom. The van der Waals surface area contributed by atoms with E-state index in [4.69, 9.17) is 19.1 Å². The smallest absolute Gasteiger partial charge is 0.381 e. The molecule has 0 saturated carbocycles. The zero-order chi connectivity index (χ0) is 80.0. The number of alkyl halides is 8. The van der Waals surface area contributed by atoms with E-state index >= 15 is 35.1 Å². The molecule has 2 aromatic heterocycles. The van der Waals surface area contributed by atoms with Gasteiger partial charge in [0.15, 0.2) is 24.8 Å². The summed E-state index contributed by atoms with van der Waals surface area (Å²) in [5, 5.41) is 14.5. The van der Waals surface area contributed by atoms with E-state index in [1.54, 1.807) is 24.3 Å². The highest BCUT2D eigenvalue weighted by Gasteiger charge is 2.81. The fourth-order valence-corrected chi connectivity index (χ4v) is 15.6. The summed E-state index contributed by atoms with van der Waals surface area (Å²) in [5.41, 5.74) is 6.66. The van der Waals surface area contributed by atoms with E-state index in [0.29, 0.717) is 71.1 Å². The zero-order valence-corrected chi connectivity index (χ0v) is 65.6. The summed E-state index contributed by atoms with van der Waals surface area (Å²) in [6.45, 7) is 24.7. The molecule has 12 nitrogen and oxygen atoms in total. The first kappa shape index (κ1) is 83.0. The molecular weight excluding hydrogens is 1420 g/mol. The second-order valence-electron chi connectivity index (χ2n) is 32.5. The molecular formula is C90H102F8N4O8. The van der Waals surface area contributed by atoms with Crippen molar-refractivity contribution >= 4 is 100 Å². The Hall–Kier alpha value is -9.46. The van der Waals surface area contributed by atoms with Gasteiger partial charge < -0.3 is 28.3 Å². The number of carbonyl (C=O) groups excluding carboxylic acids is 4. The molecule has 4 atom stereocenters. The Balaban J connectivity index is 0.878. The minimum Gasteiger partial charge on any atom is -0.487 e. The predicted molar refractivity (Wildman–Crippen MR) is 423 cm³/mol. The lowest BCUT2D eigenvalue weighted by molar-refractivity contribution is -0.371. The molecule has 0 fully saturated rings. The lowest BCUT2D eigenvalue weighted by Gasteiger charge is -2.36. The standard InChI is InChI=1S/C90H102F8N4O8/c1-15-19-25-59(17-3)51-101-79-41-35-63(77(99-109-57(7)103)43-55(5)49-85(9,10)11)45-71(79)73-47-75(67-27-21-23-29-69(67)81(73)101)83(105)61-31-37-65(38-32-61)107-53-87(91,92)89(95,96)90(97,98)88(93,94)54-108-66-39-33-62(34-40-66)84(106)76-48-74-72-46-64(78(100-110-58(8)104)44-56(6)50-86(12,13)14)36-42-80(72)102(52-60(18-4)26-20-16-2)82(74)70-30-24-22-28-68(70)76/h21-24,27-42,45-48,55-56,59-60H,15-20,25-26,43-44,49-54H2,1-14H3. The van der Waals surface area contributed by atoms with Gasteiger partial charge in [-0.2, -0.15) is 35.1 Å². The van der Waals surface area contributed by atoms with Gasteiger partial charge in [-0.3, -0.25) is 9.59 Å². The van der Waals surface area contributed by atoms with Crippen LogP contribution in [0.25, 0.3) is 65.2 Å². The normalized spacial score (nSPS) is 14.2. The van der Waals surface area contributed by atoms with Gasteiger partial charge in [-0.05, 0) is 169 Å². The Kier molecular flexibility index (Phi) is 25.7. The first-order valence-corrected chi connectivity index (χ1v) is 38.4. The first-order chi connectivity index (χ1) is 51.9. The van der Waals surface area contributed by atoms with Crippen LogP contribution in [0.15, 0.2) is 156 Å². The molecule has 20 heteroatoms. The number of oxime groups is 2. The number of benzene rings is 8. The molecule has 10 rings (SSSR count). The monoisotopic (exact) mass is 1520 g/mol. The van der Waals surface area contributed by atoms with Gasteiger partial charge in [-0.25, -0.2) is 9.59 Å². The summed E-state index contributed by atoms with van der Waals surface area (Å²) in [6.07, 6.45) is 10.6. The summed E-state index contributed by atoms with van der Waals surface area (Å²) >= 11 is 0. The number of halogens is 8. The van der Waals surface area contributed by atoms with Crippen molar-refractivity contribution in [3.05, 3.63) is 179 Å². The SMILES string of the molecule is CCCCC(CC)Cn1c2ccc(C(CC(C)CC(C)(C)C)=NOC(C)=O)cc2c2cc(C(=O)c3ccc(OCC(F)(F)C(F)(F)C(F)(F)C(F)(F)COc4ccc(C(=O)c5cc6c7cc(C(CC(C)CC(C)(C)C)=NOC(C)=O)ccc7n(CC(CC)CCCC)c6c6ccccc56)cc4)cc3)c3ccccc3c21. The lowest BCUT2D eigenvalue weighted by Crippen LogP contribution is -2.65. The molecule has 0 bridgehead atoms. The third-order valence-electron chi connectivity index (χ3n) is 20.8. The van der Waals surface area contributed by atoms with E-state index in [1.807, 2.05) is 72.8 Å². The number of rotatable bonds is 35. The Labute approximate surface area is 638 Å². The molecule has 0 aliphatic rings. The number of carbonyl (C=O) groups is 4. The molecule has 0 saturated heterocycles. The third-order valence-corrected chi connectivity index (χ3v) is 20.8. The van der Waals surface area contributed by atoms with Crippen molar-refractivity contribution in [1.29, 1.82) is 0 Å². The molecule has 2 heterocycles. The van der Waals surface area contributed by atoms with Gasteiger partial charge in [0, 0.05) is 104 Å². The maximum absolute atomic E-state index is 15.6. The van der Waals surface area contributed by atoms with Crippen LogP contribution in [-0.4, -0.2) is 81.0 Å². The molecule has 8 aromatic carbocycles. The van der Waals surface area contributed by atoms with Crippen molar-refractivity contribution in [2.45, 2.75) is 211 Å². The number of hydrogen-bond acceptors (Lipinski definition) is 10. The maximum atomic E-state index is 15.6. The van der Waals surface area contributed by atoms with Crippen LogP contribution < -0.4 is 9.47 Å². The minimum atomic E-state index is -6.73. The molecule has 0 N–H and O–H groups in total. The number of unbranched alkanes of at least 4 members (excludes halogenated alkanes) is 2. The fourth-order valence-electron chi connectivity index (χ4n) is 15.6. The number of nitrogens with zero attached hydrogens (tertiary/aromatic N) is 4. The highest BCUT2D eigenvalue weighted by Crippen LogP contribution is 2.53. The van der Waals surface area contributed by atoms with Gasteiger partial charge in [0.05, 0.1) is 22.5 Å². The maximum Gasteiger partial charge on any atom is 0.381 e. The van der Waals surface area contributed by atoms with E-state index < -0.39 is 71.9 Å². The van der Waals surface area contributed by atoms with Gasteiger partial charge in [0.1, 0.15) is 11.5 Å². The summed E-state index contributed by atoms with van der Waals surface area (Å²) in [6, 6.07) is 39.2. The molecule has 0 spiro atoms. The number of ketones is 2. The Morgan fingerprint density at radius 3 is 1.08 bits per heavy atom. The van der Waals surface area contributed by atoms with Gasteiger partial charge in [-0.1, -0.05) is 193 Å². The van der Waals surface area contributed by atoms with Crippen LogP contribution in [0.5, 0.6) is 11.5 Å². The zero-order valence-electron chi connectivity index (χ0n) is 65.6. The number of hydrogen-bond donors (Lipinski definition) is 0. The Morgan fingerprint density at radius 2 is 0.764 bits per heavy atom. The summed E-state index contributed by atoms with van der Waals surface area (Å²) in [4.78, 5) is 64.6. The number of fused-ring (bicyclic) bond motifs is 10. The molecule has 0 aliphatic carbocycles. The average Bonchev–Trinajstić information content (AvgIpc) is 1.29. The van der Waals surface area contributed by atoms with Crippen LogP contribution in [0.1, 0.15) is 217 Å². The van der Waals surface area contributed by atoms with Crippen molar-refractivity contribution < 1.29 is 73.5 Å². The topological polar surface area (TPSA) is 140 Å². The molecule has 586 valence electrons. The number of ether oxygens (including phenoxy) is 2. The van der Waals surface area contributed by atoms with Crippen LogP contribution in [0.3, 0.4) is 0 Å². The molecule has 10 aromatic rings. The lowest BCUT2D eigenvalue weighted by atomic mass is 9.82. The minimum absolute atomic E-state index is 0.00369. The predicted octanol–water partition coefficient (Wildman–Crippen LogP) is 24.6. The second kappa shape index (κ2) is 34.0. The quantitative estimate of drug-likeness (QED) is 0.0126. The van der Waals surface area contributed by atoms with Gasteiger partial charge >= 0.3 is 35.6 Å². The van der Waals surface area contributed by atoms with Crippen LogP contribution in [0.4, 0.5) is 35.1 Å². The van der Waals surface area contributed by atoms with Crippen molar-refractivity contribution in [3.63, 3.8) is 0 Å². The average molecular weight is 1520 g/mol. The summed E-state index contributed by atoms with van der Waals surface area (Å²) in [5.74, 6) is -27.7. The van der Waals surface area contributed by atoms with E-state index in [-0.39, 0.29) is 44.9 Å². The van der Waals surface area contributed by atoms with Crippen molar-refractivity contribution in [2.24, 2.45) is 44.8 Å². The van der Waals surface area contributed by atoms with E-state index in [0.717, 1.165) is 143 Å². The highest BCUT2D eigenvalue weighted by atomic mass is 19.4. The van der Waals surface area contributed by atoms with Crippen molar-refractivity contribution in [2.75, 3.05) is 13.2 Å². The summed E-state index contributed by atoms with van der Waals surface area (Å²) < 4.78 is 140. The Bertz CT molecular complexity index is 4750. The van der Waals surface area contributed by atoms with E-state index in [9.17, 15) is 19.2 Å². The molecule has 4 unspecified atom stereocenters. The van der Waals surface area contributed by atoms with Gasteiger partial charge in [-0.15, -0.1) is 0 Å². The van der Waals surface area contributed by atoms with E-state index in [2.05, 4.69) is 103 Å². The number of aromatic nitrogens is 2. The third kappa shape index (κ3) is 18.4. The first-order valence-electron chi connectivity index (χ1n) is 38.4.